The molecule has 228 valence electrons. The van der Waals surface area contributed by atoms with E-state index >= 15 is 0 Å². The summed E-state index contributed by atoms with van der Waals surface area (Å²) < 4.78 is 85.8. The molecule has 0 bridgehead atoms. The van der Waals surface area contributed by atoms with Gasteiger partial charge < -0.3 is 24.6 Å². The molecule has 13 nitrogen and oxygen atoms in total. The third kappa shape index (κ3) is 7.52. The lowest BCUT2D eigenvalue weighted by atomic mass is 10.1. The lowest BCUT2D eigenvalue weighted by Gasteiger charge is -2.35. The number of anilines is 2. The van der Waals surface area contributed by atoms with Crippen LogP contribution in [0.15, 0.2) is 29.3 Å². The lowest BCUT2D eigenvalue weighted by molar-refractivity contribution is -0.242. The number of aliphatic hydroxyl groups excluding tert-OH is 1. The zero-order chi connectivity index (χ0) is 30.6. The van der Waals surface area contributed by atoms with Gasteiger partial charge in [0.25, 0.3) is 15.9 Å². The molecule has 0 fully saturated rings. The van der Waals surface area contributed by atoms with Crippen molar-refractivity contribution in [1.82, 2.24) is 15.1 Å². The van der Waals surface area contributed by atoms with E-state index in [9.17, 15) is 31.2 Å². The summed E-state index contributed by atoms with van der Waals surface area (Å²) >= 11 is 0. The minimum absolute atomic E-state index is 0.00490. The van der Waals surface area contributed by atoms with Gasteiger partial charge in [0.1, 0.15) is 11.9 Å². The van der Waals surface area contributed by atoms with Crippen LogP contribution in [0.5, 0.6) is 11.6 Å². The van der Waals surface area contributed by atoms with Gasteiger partial charge in [-0.1, -0.05) is 0 Å². The number of carbonyl (C=O) groups is 2. The number of aromatic nitrogens is 2. The maximum absolute atomic E-state index is 14.0. The van der Waals surface area contributed by atoms with Gasteiger partial charge in [-0.25, -0.2) is 13.2 Å². The summed E-state index contributed by atoms with van der Waals surface area (Å²) in [5, 5.41) is 18.0. The van der Waals surface area contributed by atoms with Crippen LogP contribution in [0, 0.1) is 0 Å². The number of hydrogen-bond acceptors (Lipinski definition) is 9. The number of sulfonamides is 1. The lowest BCUT2D eigenvalue weighted by Crippen LogP contribution is -2.48. The zero-order valence-corrected chi connectivity index (χ0v) is 23.6. The van der Waals surface area contributed by atoms with Crippen LogP contribution in [0.2, 0.25) is 0 Å². The van der Waals surface area contributed by atoms with Gasteiger partial charge in [-0.15, -0.1) is 5.10 Å². The molecule has 1 aliphatic heterocycles. The first kappa shape index (κ1) is 31.8. The molecule has 0 unspecified atom stereocenters. The average molecular weight is 608 g/mol. The molecule has 2 amide bonds. The Morgan fingerprint density at radius 3 is 2.59 bits per heavy atom. The van der Waals surface area contributed by atoms with E-state index in [1.807, 2.05) is 0 Å². The third-order valence-corrected chi connectivity index (χ3v) is 7.64. The van der Waals surface area contributed by atoms with E-state index in [-0.39, 0.29) is 66.5 Å². The molecule has 41 heavy (non-hydrogen) atoms. The van der Waals surface area contributed by atoms with E-state index in [1.165, 1.54) is 36.0 Å². The van der Waals surface area contributed by atoms with Crippen molar-refractivity contribution in [2.75, 3.05) is 35.9 Å². The molecule has 2 heterocycles. The number of nitrogens with one attached hydrogen (secondary N) is 2. The topological polar surface area (TPSA) is 161 Å². The van der Waals surface area contributed by atoms with Gasteiger partial charge in [0.2, 0.25) is 11.5 Å². The molecule has 0 saturated heterocycles. The van der Waals surface area contributed by atoms with Gasteiger partial charge in [0.15, 0.2) is 4.90 Å². The maximum atomic E-state index is 14.0. The van der Waals surface area contributed by atoms with Crippen molar-refractivity contribution in [2.24, 2.45) is 0 Å². The van der Waals surface area contributed by atoms with Crippen LogP contribution in [0.4, 0.5) is 29.3 Å². The van der Waals surface area contributed by atoms with E-state index in [0.29, 0.717) is 20.4 Å². The summed E-state index contributed by atoms with van der Waals surface area (Å²) in [6.45, 7) is 4.22. The summed E-state index contributed by atoms with van der Waals surface area (Å²) in [6.07, 6.45) is -5.56. The Bertz CT molecular complexity index is 1360. The maximum Gasteiger partial charge on any atom is 0.427 e. The van der Waals surface area contributed by atoms with Gasteiger partial charge in [0.05, 0.1) is 25.4 Å². The summed E-state index contributed by atoms with van der Waals surface area (Å²) in [5.41, 5.74) is -2.89. The number of amides is 2. The number of alkyl halides is 3. The van der Waals surface area contributed by atoms with Crippen molar-refractivity contribution < 1.29 is 50.5 Å². The molecule has 0 radical (unpaired) electrons. The predicted molar refractivity (Wildman–Crippen MR) is 139 cm³/mol. The number of benzene rings is 1. The zero-order valence-electron chi connectivity index (χ0n) is 22.8. The van der Waals surface area contributed by atoms with Crippen LogP contribution >= 0.6 is 0 Å². The van der Waals surface area contributed by atoms with Crippen molar-refractivity contribution in [3.8, 4) is 11.6 Å². The molecule has 0 saturated carbocycles. The first-order chi connectivity index (χ1) is 19.1. The molecule has 0 spiro atoms. The first-order valence-corrected chi connectivity index (χ1v) is 14.0. The highest BCUT2D eigenvalue weighted by atomic mass is 32.2. The van der Waals surface area contributed by atoms with E-state index in [0.717, 1.165) is 4.31 Å². The van der Waals surface area contributed by atoms with Crippen LogP contribution in [0.1, 0.15) is 34.1 Å². The Morgan fingerprint density at radius 2 is 1.98 bits per heavy atom. The van der Waals surface area contributed by atoms with Crippen LogP contribution in [-0.2, 0) is 26.1 Å². The minimum atomic E-state index is -4.83. The second-order valence-electron chi connectivity index (χ2n) is 9.50. The minimum Gasteiger partial charge on any atom is -0.484 e. The van der Waals surface area contributed by atoms with Gasteiger partial charge in [-0.05, 0) is 39.0 Å². The molecular formula is C24H32F3N5O8S. The summed E-state index contributed by atoms with van der Waals surface area (Å²) in [4.78, 5) is 23.5. The van der Waals surface area contributed by atoms with Gasteiger partial charge in [0, 0.05) is 38.4 Å². The molecule has 1 aromatic carbocycles. The predicted octanol–water partition coefficient (Wildman–Crippen LogP) is 2.65. The summed E-state index contributed by atoms with van der Waals surface area (Å²) in [6, 6.07) is 3.83. The Balaban J connectivity index is 2.00. The summed E-state index contributed by atoms with van der Waals surface area (Å²) in [7, 11) is -4.42. The Hall–Kier alpha value is -3.73. The fourth-order valence-electron chi connectivity index (χ4n) is 3.59. The average Bonchev–Trinajstić information content (AvgIpc) is 3.30. The van der Waals surface area contributed by atoms with Crippen LogP contribution in [-0.4, -0.2) is 79.5 Å². The fraction of sp³-hybridized carbons (Fsp3) is 0.542. The van der Waals surface area contributed by atoms with E-state index < -0.39 is 34.0 Å². The quantitative estimate of drug-likeness (QED) is 0.326. The standard InChI is InChI=1S/C24H32F3N5O8S/c1-5-31-14-20(21(30-31)38-10-6-9-33)41(36,37)32-13-17(12-28-15(2)34)39-19-8-7-16(11-18(19)32)29-22(35)40-23(3,4)24(25,26)27/h7-8,11,14,17,33H,5-6,9-10,12-13H2,1-4H3,(H,28,34)(H,29,35)/t17-/m0/s1. The first-order valence-electron chi connectivity index (χ1n) is 12.5. The number of ether oxygens (including phenoxy) is 3. The van der Waals surface area contributed by atoms with Gasteiger partial charge in [-0.3, -0.25) is 19.1 Å². The van der Waals surface area contributed by atoms with Crippen molar-refractivity contribution in [2.45, 2.75) is 63.4 Å². The monoisotopic (exact) mass is 607 g/mol. The number of aryl methyl sites for hydroxylation is 1. The Kier molecular flexibility index (Phi) is 9.63. The number of rotatable bonds is 11. The normalized spacial score (nSPS) is 15.5. The highest BCUT2D eigenvalue weighted by molar-refractivity contribution is 7.93. The largest absolute Gasteiger partial charge is 0.484 e. The molecule has 17 heteroatoms. The van der Waals surface area contributed by atoms with Crippen LogP contribution in [0.3, 0.4) is 0 Å². The van der Waals surface area contributed by atoms with Crippen molar-refractivity contribution >= 4 is 33.4 Å². The van der Waals surface area contributed by atoms with Crippen molar-refractivity contribution in [3.63, 3.8) is 0 Å². The Labute approximate surface area is 234 Å². The molecule has 3 rings (SSSR count). The molecular weight excluding hydrogens is 575 g/mol. The number of nitrogens with zero attached hydrogens (tertiary/aromatic N) is 3. The fourth-order valence-corrected chi connectivity index (χ4v) is 5.17. The van der Waals surface area contributed by atoms with Crippen molar-refractivity contribution in [1.29, 1.82) is 0 Å². The molecule has 1 atom stereocenters. The number of carbonyl (C=O) groups excluding carboxylic acids is 2. The second kappa shape index (κ2) is 12.4. The van der Waals surface area contributed by atoms with Gasteiger partial charge >= 0.3 is 12.3 Å². The SMILES string of the molecule is CCn1cc(S(=O)(=O)N2C[C@H](CNC(C)=O)Oc3ccc(NC(=O)OC(C)(C)C(F)(F)F)cc32)c(OCCCO)n1. The van der Waals surface area contributed by atoms with Crippen LogP contribution < -0.4 is 24.4 Å². The Morgan fingerprint density at radius 1 is 1.27 bits per heavy atom. The summed E-state index contributed by atoms with van der Waals surface area (Å²) in [5.74, 6) is -0.494. The smallest absolute Gasteiger partial charge is 0.427 e. The molecule has 0 aliphatic carbocycles. The van der Waals surface area contributed by atoms with E-state index in [1.54, 1.807) is 6.92 Å². The molecule has 1 aromatic heterocycles. The number of hydrogen-bond donors (Lipinski definition) is 3. The number of aliphatic hydroxyl groups is 1. The highest BCUT2D eigenvalue weighted by Gasteiger charge is 2.51. The van der Waals surface area contributed by atoms with E-state index in [4.69, 9.17) is 14.6 Å². The van der Waals surface area contributed by atoms with Gasteiger partial charge in [-0.2, -0.15) is 13.2 Å². The van der Waals surface area contributed by atoms with Crippen LogP contribution in [0.25, 0.3) is 0 Å². The molecule has 3 N–H and O–H groups in total. The highest BCUT2D eigenvalue weighted by Crippen LogP contribution is 2.40. The van der Waals surface area contributed by atoms with Crippen molar-refractivity contribution in [3.05, 3.63) is 24.4 Å². The number of halogens is 3. The van der Waals surface area contributed by atoms with E-state index in [2.05, 4.69) is 20.5 Å². The second-order valence-corrected chi connectivity index (χ2v) is 11.3. The number of fused-ring (bicyclic) bond motifs is 1. The third-order valence-electron chi connectivity index (χ3n) is 5.88. The molecule has 2 aromatic rings. The molecule has 1 aliphatic rings.